The van der Waals surface area contributed by atoms with Gasteiger partial charge in [-0.2, -0.15) is 0 Å². The van der Waals surface area contributed by atoms with Gasteiger partial charge in [-0.05, 0) is 89.2 Å². The Balaban J connectivity index is 1.35. The molecule has 0 unspecified atom stereocenters. The van der Waals surface area contributed by atoms with Gasteiger partial charge in [0, 0.05) is 46.5 Å². The third kappa shape index (κ3) is 7.12. The Morgan fingerprint density at radius 1 is 0.787 bits per heavy atom. The van der Waals surface area contributed by atoms with Gasteiger partial charge in [-0.25, -0.2) is 0 Å². The topological polar surface area (TPSA) is 17.0 Å². The summed E-state index contributed by atoms with van der Waals surface area (Å²) in [5.41, 5.74) is 13.8. The number of hydrogen-bond acceptors (Lipinski definition) is 1. The highest BCUT2D eigenvalue weighted by Crippen LogP contribution is 2.35. The van der Waals surface area contributed by atoms with E-state index in [4.69, 9.17) is 6.42 Å². The van der Waals surface area contributed by atoms with Crippen LogP contribution in [0.15, 0.2) is 164 Å². The molecule has 1 N–H and O–H groups in total. The van der Waals surface area contributed by atoms with E-state index in [-0.39, 0.29) is 0 Å². The fraction of sp³-hybridized carbons (Fsp3) is 0.0667. The number of terminal acetylenes is 1. The summed E-state index contributed by atoms with van der Waals surface area (Å²) >= 11 is 0. The standard InChI is InChI=1S/C45H38N2/c1-5-16-39(37-19-12-8-13-20-37)29-33(3)44-31-40(38-21-14-9-15-22-38)23-26-45(44)46-41-24-25-43(36(6-2)30-41)42-27-28-47(34(42)4)32-35-17-10-7-11-18-35/h2,5,7-31,46H,3,32H2,1,4H3/b16-5-,39-29+. The van der Waals surface area contributed by atoms with Crippen LogP contribution in [0.25, 0.3) is 33.4 Å². The number of nitrogens with zero attached hydrogens (tertiary/aromatic N) is 1. The number of rotatable bonds is 10. The van der Waals surface area contributed by atoms with E-state index >= 15 is 0 Å². The van der Waals surface area contributed by atoms with Crippen molar-refractivity contribution in [3.8, 4) is 34.6 Å². The molecule has 1 heterocycles. The number of anilines is 2. The van der Waals surface area contributed by atoms with Gasteiger partial charge < -0.3 is 9.88 Å². The number of hydrogen-bond donors (Lipinski definition) is 1. The molecule has 6 aromatic rings. The summed E-state index contributed by atoms with van der Waals surface area (Å²) in [5.74, 6) is 2.95. The number of benzene rings is 5. The van der Waals surface area contributed by atoms with Crippen molar-refractivity contribution >= 4 is 22.5 Å². The summed E-state index contributed by atoms with van der Waals surface area (Å²) in [6, 6.07) is 46.3. The zero-order chi connectivity index (χ0) is 32.6. The number of aromatic nitrogens is 1. The Hall–Kier alpha value is -6.04. The van der Waals surface area contributed by atoms with Gasteiger partial charge in [0.25, 0.3) is 0 Å². The second kappa shape index (κ2) is 14.4. The van der Waals surface area contributed by atoms with Gasteiger partial charge in [-0.15, -0.1) is 6.42 Å². The lowest BCUT2D eigenvalue weighted by atomic mass is 9.95. The van der Waals surface area contributed by atoms with Crippen LogP contribution in [0.4, 0.5) is 11.4 Å². The summed E-state index contributed by atoms with van der Waals surface area (Å²) in [4.78, 5) is 0. The first-order valence-electron chi connectivity index (χ1n) is 15.9. The molecule has 47 heavy (non-hydrogen) atoms. The molecule has 228 valence electrons. The second-order valence-corrected chi connectivity index (χ2v) is 11.6. The van der Waals surface area contributed by atoms with Crippen molar-refractivity contribution in [1.82, 2.24) is 4.57 Å². The van der Waals surface area contributed by atoms with Crippen LogP contribution in [0.2, 0.25) is 0 Å². The predicted octanol–water partition coefficient (Wildman–Crippen LogP) is 11.6. The van der Waals surface area contributed by atoms with E-state index in [1.54, 1.807) is 0 Å². The van der Waals surface area contributed by atoms with Crippen LogP contribution < -0.4 is 5.32 Å². The fourth-order valence-corrected chi connectivity index (χ4v) is 5.95. The van der Waals surface area contributed by atoms with Gasteiger partial charge in [0.1, 0.15) is 0 Å². The quantitative estimate of drug-likeness (QED) is 0.121. The molecule has 1 aromatic heterocycles. The molecule has 0 amide bonds. The average molecular weight is 607 g/mol. The van der Waals surface area contributed by atoms with Gasteiger partial charge in [0.2, 0.25) is 0 Å². The van der Waals surface area contributed by atoms with E-state index in [9.17, 15) is 0 Å². The Labute approximate surface area is 279 Å². The van der Waals surface area contributed by atoms with Crippen LogP contribution in [-0.4, -0.2) is 4.57 Å². The minimum atomic E-state index is 0.817. The van der Waals surface area contributed by atoms with Crippen molar-refractivity contribution in [3.05, 3.63) is 192 Å². The van der Waals surface area contributed by atoms with E-state index in [1.807, 2.05) is 25.1 Å². The Bertz CT molecular complexity index is 2100. The first-order chi connectivity index (χ1) is 23.0. The fourth-order valence-electron chi connectivity index (χ4n) is 5.95. The first kappa shape index (κ1) is 31.0. The molecule has 0 aliphatic rings. The van der Waals surface area contributed by atoms with Crippen molar-refractivity contribution in [2.75, 3.05) is 5.32 Å². The molecule has 0 bridgehead atoms. The number of nitrogens with one attached hydrogen (secondary N) is 1. The molecule has 0 aliphatic carbocycles. The Morgan fingerprint density at radius 2 is 1.49 bits per heavy atom. The minimum Gasteiger partial charge on any atom is -0.355 e. The maximum absolute atomic E-state index is 6.12. The molecule has 0 saturated heterocycles. The van der Waals surface area contributed by atoms with Crippen LogP contribution in [0, 0.1) is 19.3 Å². The van der Waals surface area contributed by atoms with Crippen molar-refractivity contribution in [2.24, 2.45) is 0 Å². The van der Waals surface area contributed by atoms with Crippen molar-refractivity contribution < 1.29 is 0 Å². The molecule has 5 aromatic carbocycles. The van der Waals surface area contributed by atoms with Gasteiger partial charge in [0.15, 0.2) is 0 Å². The van der Waals surface area contributed by atoms with E-state index in [2.05, 4.69) is 169 Å². The van der Waals surface area contributed by atoms with Gasteiger partial charge >= 0.3 is 0 Å². The molecular formula is C45H38N2. The maximum Gasteiger partial charge on any atom is 0.0472 e. The Morgan fingerprint density at radius 3 is 2.19 bits per heavy atom. The summed E-state index contributed by atoms with van der Waals surface area (Å²) < 4.78 is 2.27. The Kier molecular flexibility index (Phi) is 9.47. The van der Waals surface area contributed by atoms with Gasteiger partial charge in [-0.1, -0.05) is 128 Å². The van der Waals surface area contributed by atoms with Crippen molar-refractivity contribution in [1.29, 1.82) is 0 Å². The van der Waals surface area contributed by atoms with Gasteiger partial charge in [-0.3, -0.25) is 0 Å². The molecule has 6 rings (SSSR count). The van der Waals surface area contributed by atoms with Crippen LogP contribution in [0.5, 0.6) is 0 Å². The summed E-state index contributed by atoms with van der Waals surface area (Å²) in [6.45, 7) is 9.56. The van der Waals surface area contributed by atoms with E-state index < -0.39 is 0 Å². The normalized spacial score (nSPS) is 11.4. The molecule has 0 aliphatic heterocycles. The van der Waals surface area contributed by atoms with Crippen molar-refractivity contribution in [3.63, 3.8) is 0 Å². The molecular weight excluding hydrogens is 569 g/mol. The van der Waals surface area contributed by atoms with Crippen LogP contribution >= 0.6 is 0 Å². The maximum atomic E-state index is 6.12. The monoisotopic (exact) mass is 606 g/mol. The van der Waals surface area contributed by atoms with Crippen LogP contribution in [0.1, 0.15) is 34.9 Å². The molecule has 0 atom stereocenters. The summed E-state index contributed by atoms with van der Waals surface area (Å²) in [7, 11) is 0. The highest BCUT2D eigenvalue weighted by atomic mass is 15.0. The average Bonchev–Trinajstić information content (AvgIpc) is 3.48. The SMILES string of the molecule is C#Cc1cc(Nc2ccc(-c3ccccc3)cc2C(=C)/C=C(\C=C/C)c2ccccc2)ccc1-c1ccn(Cc2ccccc2)c1C. The molecule has 2 heteroatoms. The third-order valence-corrected chi connectivity index (χ3v) is 8.44. The van der Waals surface area contributed by atoms with Crippen LogP contribution in [-0.2, 0) is 6.54 Å². The van der Waals surface area contributed by atoms with E-state index in [0.29, 0.717) is 0 Å². The molecule has 0 radical (unpaired) electrons. The molecule has 2 nitrogen and oxygen atoms in total. The highest BCUT2D eigenvalue weighted by Gasteiger charge is 2.14. The smallest absolute Gasteiger partial charge is 0.0472 e. The second-order valence-electron chi connectivity index (χ2n) is 11.6. The highest BCUT2D eigenvalue weighted by molar-refractivity contribution is 5.92. The molecule has 0 spiro atoms. The lowest BCUT2D eigenvalue weighted by Gasteiger charge is -2.17. The van der Waals surface area contributed by atoms with Gasteiger partial charge in [0.05, 0.1) is 0 Å². The van der Waals surface area contributed by atoms with Crippen molar-refractivity contribution in [2.45, 2.75) is 20.4 Å². The summed E-state index contributed by atoms with van der Waals surface area (Å²) in [6.07, 6.45) is 14.6. The zero-order valence-electron chi connectivity index (χ0n) is 26.9. The third-order valence-electron chi connectivity index (χ3n) is 8.44. The minimum absolute atomic E-state index is 0.817. The predicted molar refractivity (Wildman–Crippen MR) is 202 cm³/mol. The van der Waals surface area contributed by atoms with E-state index in [0.717, 1.165) is 68.0 Å². The zero-order valence-corrected chi connectivity index (χ0v) is 26.9. The first-order valence-corrected chi connectivity index (χ1v) is 15.9. The van der Waals surface area contributed by atoms with E-state index in [1.165, 1.54) is 11.3 Å². The van der Waals surface area contributed by atoms with Crippen LogP contribution in [0.3, 0.4) is 0 Å². The lowest BCUT2D eigenvalue weighted by Crippen LogP contribution is -2.01. The number of allylic oxidation sites excluding steroid dienone is 5. The molecule has 0 saturated carbocycles. The molecule has 0 fully saturated rings. The summed E-state index contributed by atoms with van der Waals surface area (Å²) in [5, 5.41) is 3.67. The largest absolute Gasteiger partial charge is 0.355 e. The lowest BCUT2D eigenvalue weighted by molar-refractivity contribution is 0.777.